The SMILES string of the molecule is O/N=C1/[C@H]2CC[C@H](C2)[C@@H]1Nc1cccc(Cl)c1. The second-order valence-corrected chi connectivity index (χ2v) is 5.36. The van der Waals surface area contributed by atoms with Crippen molar-refractivity contribution in [1.29, 1.82) is 0 Å². The van der Waals surface area contributed by atoms with Gasteiger partial charge in [-0.05, 0) is 43.4 Å². The third-order valence-electron chi connectivity index (χ3n) is 3.94. The van der Waals surface area contributed by atoms with Crippen LogP contribution >= 0.6 is 11.6 Å². The highest BCUT2D eigenvalue weighted by molar-refractivity contribution is 6.30. The van der Waals surface area contributed by atoms with Crippen molar-refractivity contribution in [1.82, 2.24) is 0 Å². The molecule has 3 atom stereocenters. The molecule has 0 aromatic heterocycles. The summed E-state index contributed by atoms with van der Waals surface area (Å²) in [5.41, 5.74) is 1.91. The average Bonchev–Trinajstić information content (AvgIpc) is 2.89. The van der Waals surface area contributed by atoms with Crippen molar-refractivity contribution in [2.45, 2.75) is 25.3 Å². The van der Waals surface area contributed by atoms with Crippen LogP contribution < -0.4 is 5.32 Å². The topological polar surface area (TPSA) is 44.6 Å². The molecule has 1 aromatic rings. The first-order chi connectivity index (χ1) is 8.28. The Morgan fingerprint density at radius 1 is 1.35 bits per heavy atom. The van der Waals surface area contributed by atoms with Gasteiger partial charge in [-0.2, -0.15) is 0 Å². The van der Waals surface area contributed by atoms with Crippen molar-refractivity contribution in [2.75, 3.05) is 5.32 Å². The standard InChI is InChI=1S/C13H15ClN2O/c14-10-2-1-3-11(7-10)15-12-8-4-5-9(6-8)13(12)16-17/h1-3,7-9,12,15,17H,4-6H2/b16-13-/t8-,9+,12+/m1/s1. The van der Waals surface area contributed by atoms with Crippen LogP contribution in [0.2, 0.25) is 5.02 Å². The largest absolute Gasteiger partial charge is 0.411 e. The van der Waals surface area contributed by atoms with E-state index >= 15 is 0 Å². The predicted molar refractivity (Wildman–Crippen MR) is 68.9 cm³/mol. The van der Waals surface area contributed by atoms with Crippen LogP contribution in [0.5, 0.6) is 0 Å². The summed E-state index contributed by atoms with van der Waals surface area (Å²) < 4.78 is 0. The molecule has 2 fully saturated rings. The molecule has 1 aromatic carbocycles. The van der Waals surface area contributed by atoms with Crippen molar-refractivity contribution in [3.63, 3.8) is 0 Å². The molecular weight excluding hydrogens is 236 g/mol. The Hall–Kier alpha value is -1.22. The average molecular weight is 251 g/mol. The van der Waals surface area contributed by atoms with Crippen LogP contribution in [0.3, 0.4) is 0 Å². The zero-order valence-electron chi connectivity index (χ0n) is 9.44. The van der Waals surface area contributed by atoms with Crippen LogP contribution in [-0.4, -0.2) is 17.0 Å². The molecule has 90 valence electrons. The summed E-state index contributed by atoms with van der Waals surface area (Å²) in [4.78, 5) is 0. The Labute approximate surface area is 105 Å². The molecule has 3 rings (SSSR count). The van der Waals surface area contributed by atoms with E-state index in [9.17, 15) is 0 Å². The maximum atomic E-state index is 9.11. The van der Waals surface area contributed by atoms with Crippen LogP contribution in [-0.2, 0) is 0 Å². The lowest BCUT2D eigenvalue weighted by atomic mass is 9.93. The van der Waals surface area contributed by atoms with Crippen LogP contribution in [0.25, 0.3) is 0 Å². The van der Waals surface area contributed by atoms with Gasteiger partial charge in [0.25, 0.3) is 0 Å². The Morgan fingerprint density at radius 3 is 3.00 bits per heavy atom. The number of nitrogens with one attached hydrogen (secondary N) is 1. The Kier molecular flexibility index (Phi) is 2.71. The lowest BCUT2D eigenvalue weighted by molar-refractivity contribution is 0.312. The fraction of sp³-hybridized carbons (Fsp3) is 0.462. The quantitative estimate of drug-likeness (QED) is 0.624. The smallest absolute Gasteiger partial charge is 0.0826 e. The van der Waals surface area contributed by atoms with Crippen LogP contribution in [0, 0.1) is 11.8 Å². The van der Waals surface area contributed by atoms with E-state index in [-0.39, 0.29) is 6.04 Å². The van der Waals surface area contributed by atoms with Crippen LogP contribution in [0.1, 0.15) is 19.3 Å². The van der Waals surface area contributed by atoms with Crippen LogP contribution in [0.4, 0.5) is 5.69 Å². The Morgan fingerprint density at radius 2 is 2.24 bits per heavy atom. The summed E-state index contributed by atoms with van der Waals surface area (Å²) in [6.45, 7) is 0. The van der Waals surface area contributed by atoms with E-state index in [4.69, 9.17) is 16.8 Å². The zero-order chi connectivity index (χ0) is 11.8. The zero-order valence-corrected chi connectivity index (χ0v) is 10.2. The first-order valence-electron chi connectivity index (χ1n) is 6.02. The minimum absolute atomic E-state index is 0.178. The summed E-state index contributed by atoms with van der Waals surface area (Å²) in [6, 6.07) is 7.86. The van der Waals surface area contributed by atoms with E-state index < -0.39 is 0 Å². The van der Waals surface area contributed by atoms with Crippen molar-refractivity contribution in [3.05, 3.63) is 29.3 Å². The summed E-state index contributed by atoms with van der Waals surface area (Å²) in [7, 11) is 0. The molecule has 2 aliphatic carbocycles. The molecule has 0 spiro atoms. The number of rotatable bonds is 2. The number of hydrogen-bond acceptors (Lipinski definition) is 3. The second-order valence-electron chi connectivity index (χ2n) is 4.93. The summed E-state index contributed by atoms with van der Waals surface area (Å²) >= 11 is 5.96. The van der Waals surface area contributed by atoms with Gasteiger partial charge in [-0.25, -0.2) is 0 Å². The van der Waals surface area contributed by atoms with E-state index in [1.165, 1.54) is 6.42 Å². The highest BCUT2D eigenvalue weighted by atomic mass is 35.5. The van der Waals surface area contributed by atoms with Gasteiger partial charge in [0.15, 0.2) is 0 Å². The van der Waals surface area contributed by atoms with Crippen LogP contribution in [0.15, 0.2) is 29.4 Å². The molecule has 2 saturated carbocycles. The predicted octanol–water partition coefficient (Wildman–Crippen LogP) is 3.38. The highest BCUT2D eigenvalue weighted by Crippen LogP contribution is 2.44. The molecule has 17 heavy (non-hydrogen) atoms. The maximum Gasteiger partial charge on any atom is 0.0826 e. The molecule has 0 unspecified atom stereocenters. The monoisotopic (exact) mass is 250 g/mol. The van der Waals surface area contributed by atoms with Gasteiger partial charge in [-0.15, -0.1) is 0 Å². The van der Waals surface area contributed by atoms with Gasteiger partial charge in [0.05, 0.1) is 11.8 Å². The summed E-state index contributed by atoms with van der Waals surface area (Å²) in [5.74, 6) is 1.08. The second kappa shape index (κ2) is 4.22. The molecule has 3 nitrogen and oxygen atoms in total. The van der Waals surface area contributed by atoms with E-state index in [1.54, 1.807) is 0 Å². The van der Waals surface area contributed by atoms with Gasteiger partial charge in [-0.1, -0.05) is 22.8 Å². The van der Waals surface area contributed by atoms with Gasteiger partial charge >= 0.3 is 0 Å². The third-order valence-corrected chi connectivity index (χ3v) is 4.18. The normalized spacial score (nSPS) is 33.2. The summed E-state index contributed by atoms with van der Waals surface area (Å²) in [5, 5.41) is 16.8. The van der Waals surface area contributed by atoms with E-state index in [0.717, 1.165) is 29.3 Å². The summed E-state index contributed by atoms with van der Waals surface area (Å²) in [6.07, 6.45) is 3.54. The molecule has 0 amide bonds. The molecule has 2 aliphatic rings. The van der Waals surface area contributed by atoms with Gasteiger partial charge in [0, 0.05) is 16.6 Å². The third kappa shape index (κ3) is 1.89. The number of nitrogens with zero attached hydrogens (tertiary/aromatic N) is 1. The number of fused-ring (bicyclic) bond motifs is 2. The Bertz CT molecular complexity index is 460. The number of anilines is 1. The lowest BCUT2D eigenvalue weighted by Gasteiger charge is -2.24. The molecule has 0 radical (unpaired) electrons. The molecule has 2 bridgehead atoms. The molecule has 0 saturated heterocycles. The minimum atomic E-state index is 0.178. The van der Waals surface area contributed by atoms with Crippen molar-refractivity contribution in [2.24, 2.45) is 17.0 Å². The van der Waals surface area contributed by atoms with Gasteiger partial charge in [0.1, 0.15) is 0 Å². The molecule has 0 heterocycles. The van der Waals surface area contributed by atoms with E-state index in [1.807, 2.05) is 24.3 Å². The number of benzene rings is 1. The fourth-order valence-electron chi connectivity index (χ4n) is 3.18. The molecule has 2 N–H and O–H groups in total. The van der Waals surface area contributed by atoms with Crippen molar-refractivity contribution < 1.29 is 5.21 Å². The first-order valence-corrected chi connectivity index (χ1v) is 6.39. The van der Waals surface area contributed by atoms with E-state index in [0.29, 0.717) is 11.8 Å². The van der Waals surface area contributed by atoms with Crippen molar-refractivity contribution in [3.8, 4) is 0 Å². The Balaban J connectivity index is 1.81. The fourth-order valence-corrected chi connectivity index (χ4v) is 3.37. The van der Waals surface area contributed by atoms with Gasteiger partial charge in [-0.3, -0.25) is 0 Å². The van der Waals surface area contributed by atoms with E-state index in [2.05, 4.69) is 10.5 Å². The number of halogens is 1. The number of oxime groups is 1. The molecule has 0 aliphatic heterocycles. The minimum Gasteiger partial charge on any atom is -0.411 e. The van der Waals surface area contributed by atoms with Gasteiger partial charge in [0.2, 0.25) is 0 Å². The number of hydrogen-bond donors (Lipinski definition) is 2. The first kappa shape index (κ1) is 10.9. The van der Waals surface area contributed by atoms with Gasteiger partial charge < -0.3 is 10.5 Å². The lowest BCUT2D eigenvalue weighted by Crippen LogP contribution is -2.35. The molecular formula is C13H15ClN2O. The molecule has 4 heteroatoms. The maximum absolute atomic E-state index is 9.11. The van der Waals surface area contributed by atoms with Crippen molar-refractivity contribution >= 4 is 23.0 Å². The highest BCUT2D eigenvalue weighted by Gasteiger charge is 2.45.